The van der Waals surface area contributed by atoms with Crippen LogP contribution in [0.3, 0.4) is 0 Å². The van der Waals surface area contributed by atoms with E-state index in [1.165, 1.54) is 0 Å². The number of piperazine rings is 1. The molecule has 106 valence electrons. The number of allylic oxidation sites excluding steroid dienone is 3. The number of aromatic nitrogens is 2. The van der Waals surface area contributed by atoms with E-state index in [9.17, 15) is 0 Å². The first kappa shape index (κ1) is 14.5. The Morgan fingerprint density at radius 3 is 2.55 bits per heavy atom. The highest BCUT2D eigenvalue weighted by molar-refractivity contribution is 7.80. The van der Waals surface area contributed by atoms with Crippen molar-refractivity contribution in [3.8, 4) is 0 Å². The van der Waals surface area contributed by atoms with E-state index in [0.717, 1.165) is 37.1 Å². The minimum Gasteiger partial charge on any atom is -0.353 e. The number of hydrogen-bond acceptors (Lipinski definition) is 4. The van der Waals surface area contributed by atoms with Crippen LogP contribution in [0.15, 0.2) is 47.8 Å². The Hall–Kier alpha value is -1.95. The van der Waals surface area contributed by atoms with Crippen LogP contribution in [-0.4, -0.2) is 57.4 Å². The molecule has 1 saturated heterocycles. The van der Waals surface area contributed by atoms with Crippen LogP contribution in [0.1, 0.15) is 6.92 Å². The smallest absolute Gasteiger partial charge is 0.181 e. The fourth-order valence-corrected chi connectivity index (χ4v) is 2.39. The van der Waals surface area contributed by atoms with Gasteiger partial charge in [0.15, 0.2) is 5.11 Å². The molecule has 1 aromatic heterocycles. The molecule has 0 aromatic carbocycles. The summed E-state index contributed by atoms with van der Waals surface area (Å²) in [6.07, 6.45) is 11.3. The number of imidazole rings is 1. The third-order valence-electron chi connectivity index (χ3n) is 3.20. The lowest BCUT2D eigenvalue weighted by Crippen LogP contribution is -2.49. The number of rotatable bonds is 3. The van der Waals surface area contributed by atoms with Gasteiger partial charge in [0, 0.05) is 38.6 Å². The first-order valence-electron chi connectivity index (χ1n) is 6.58. The fraction of sp³-hybridized carbons (Fsp3) is 0.357. The summed E-state index contributed by atoms with van der Waals surface area (Å²) in [5.74, 6) is 0.913. The Morgan fingerprint density at radius 1 is 1.30 bits per heavy atom. The Morgan fingerprint density at radius 2 is 2.00 bits per heavy atom. The van der Waals surface area contributed by atoms with Crippen LogP contribution in [0.25, 0.3) is 0 Å². The van der Waals surface area contributed by atoms with E-state index >= 15 is 0 Å². The predicted molar refractivity (Wildman–Crippen MR) is 85.8 cm³/mol. The van der Waals surface area contributed by atoms with Crippen LogP contribution in [0, 0.1) is 0 Å². The van der Waals surface area contributed by atoms with Gasteiger partial charge in [-0.25, -0.2) is 9.98 Å². The summed E-state index contributed by atoms with van der Waals surface area (Å²) in [4.78, 5) is 12.5. The van der Waals surface area contributed by atoms with Crippen molar-refractivity contribution in [2.45, 2.75) is 6.92 Å². The quantitative estimate of drug-likeness (QED) is 0.482. The highest BCUT2D eigenvalue weighted by atomic mass is 32.1. The Balaban J connectivity index is 1.95. The second kappa shape index (κ2) is 7.00. The number of aliphatic imine (C=N–C) groups is 1. The van der Waals surface area contributed by atoms with Crippen LogP contribution in [-0.2, 0) is 0 Å². The normalized spacial score (nSPS) is 16.8. The van der Waals surface area contributed by atoms with Crippen molar-refractivity contribution in [1.29, 1.82) is 0 Å². The molecule has 2 heterocycles. The van der Waals surface area contributed by atoms with Crippen molar-refractivity contribution in [3.63, 3.8) is 0 Å². The van der Waals surface area contributed by atoms with E-state index < -0.39 is 0 Å². The van der Waals surface area contributed by atoms with Gasteiger partial charge in [-0.05, 0) is 31.9 Å². The molecule has 5 nitrogen and oxygen atoms in total. The van der Waals surface area contributed by atoms with Gasteiger partial charge in [-0.3, -0.25) is 4.57 Å². The minimum atomic E-state index is 0.799. The molecule has 0 bridgehead atoms. The average Bonchev–Trinajstić information content (AvgIpc) is 3.02. The molecule has 20 heavy (non-hydrogen) atoms. The molecule has 0 atom stereocenters. The monoisotopic (exact) mass is 289 g/mol. The first-order chi connectivity index (χ1) is 9.76. The number of thiocarbonyl (C=S) groups is 1. The third kappa shape index (κ3) is 3.33. The topological polar surface area (TPSA) is 36.7 Å². The zero-order valence-corrected chi connectivity index (χ0v) is 12.5. The predicted octanol–water partition coefficient (Wildman–Crippen LogP) is 1.75. The van der Waals surface area contributed by atoms with Crippen LogP contribution in [0.5, 0.6) is 0 Å². The molecular weight excluding hydrogens is 270 g/mol. The molecule has 6 heteroatoms. The highest BCUT2D eigenvalue weighted by Gasteiger charge is 2.20. The zero-order valence-electron chi connectivity index (χ0n) is 11.6. The van der Waals surface area contributed by atoms with E-state index in [-0.39, 0.29) is 0 Å². The highest BCUT2D eigenvalue weighted by Crippen LogP contribution is 2.11. The minimum absolute atomic E-state index is 0.799. The molecule has 0 unspecified atom stereocenters. The Kier molecular flexibility index (Phi) is 5.06. The SMILES string of the molecule is C=NC(=CC=CC)N1CCN(C(=S)n2ccnc2)CC1. The third-order valence-corrected chi connectivity index (χ3v) is 3.67. The summed E-state index contributed by atoms with van der Waals surface area (Å²) >= 11 is 5.47. The Bertz CT molecular complexity index is 510. The summed E-state index contributed by atoms with van der Waals surface area (Å²) in [7, 11) is 0. The second-order valence-corrected chi connectivity index (χ2v) is 4.80. The molecule has 1 fully saturated rings. The van der Waals surface area contributed by atoms with Gasteiger partial charge < -0.3 is 9.80 Å². The van der Waals surface area contributed by atoms with Crippen molar-refractivity contribution in [2.24, 2.45) is 4.99 Å². The van der Waals surface area contributed by atoms with Gasteiger partial charge >= 0.3 is 0 Å². The van der Waals surface area contributed by atoms with Gasteiger partial charge in [0.1, 0.15) is 12.1 Å². The first-order valence-corrected chi connectivity index (χ1v) is 6.99. The fourth-order valence-electron chi connectivity index (χ4n) is 2.10. The van der Waals surface area contributed by atoms with E-state index in [1.807, 2.05) is 35.9 Å². The molecular formula is C14H19N5S. The van der Waals surface area contributed by atoms with Gasteiger partial charge in [0.05, 0.1) is 0 Å². The van der Waals surface area contributed by atoms with Gasteiger partial charge in [-0.2, -0.15) is 0 Å². The van der Waals surface area contributed by atoms with Crippen molar-refractivity contribution < 1.29 is 0 Å². The molecule has 2 rings (SSSR count). The molecule has 1 aliphatic rings. The average molecular weight is 289 g/mol. The van der Waals surface area contributed by atoms with Crippen LogP contribution in [0.4, 0.5) is 0 Å². The maximum Gasteiger partial charge on any atom is 0.181 e. The summed E-state index contributed by atoms with van der Waals surface area (Å²) < 4.78 is 1.87. The molecule has 1 aromatic rings. The van der Waals surface area contributed by atoms with Crippen molar-refractivity contribution in [1.82, 2.24) is 19.4 Å². The number of hydrogen-bond donors (Lipinski definition) is 0. The lowest BCUT2D eigenvalue weighted by molar-refractivity contribution is 0.220. The van der Waals surface area contributed by atoms with Crippen LogP contribution in [0.2, 0.25) is 0 Å². The van der Waals surface area contributed by atoms with Crippen LogP contribution < -0.4 is 0 Å². The summed E-state index contributed by atoms with van der Waals surface area (Å²) in [6.45, 7) is 9.14. The molecule has 0 amide bonds. The van der Waals surface area contributed by atoms with E-state index in [1.54, 1.807) is 12.5 Å². The van der Waals surface area contributed by atoms with Gasteiger partial charge in [0.2, 0.25) is 0 Å². The van der Waals surface area contributed by atoms with E-state index in [2.05, 4.69) is 26.5 Å². The van der Waals surface area contributed by atoms with Crippen molar-refractivity contribution in [2.75, 3.05) is 26.2 Å². The maximum absolute atomic E-state index is 5.47. The summed E-state index contributed by atoms with van der Waals surface area (Å²) in [6, 6.07) is 0. The summed E-state index contributed by atoms with van der Waals surface area (Å²) in [5, 5.41) is 0.799. The zero-order chi connectivity index (χ0) is 14.4. The molecule has 0 aliphatic carbocycles. The summed E-state index contributed by atoms with van der Waals surface area (Å²) in [5.41, 5.74) is 0. The number of nitrogens with zero attached hydrogens (tertiary/aromatic N) is 5. The second-order valence-electron chi connectivity index (χ2n) is 4.44. The van der Waals surface area contributed by atoms with Gasteiger partial charge in [-0.15, -0.1) is 0 Å². The molecule has 0 spiro atoms. The molecule has 0 N–H and O–H groups in total. The van der Waals surface area contributed by atoms with Crippen molar-refractivity contribution >= 4 is 24.0 Å². The molecule has 0 radical (unpaired) electrons. The van der Waals surface area contributed by atoms with Crippen LogP contribution >= 0.6 is 12.2 Å². The van der Waals surface area contributed by atoms with Gasteiger partial charge in [-0.1, -0.05) is 12.2 Å². The molecule has 1 aliphatic heterocycles. The Labute approximate surface area is 124 Å². The molecule has 0 saturated carbocycles. The van der Waals surface area contributed by atoms with Gasteiger partial charge in [0.25, 0.3) is 0 Å². The van der Waals surface area contributed by atoms with Crippen molar-refractivity contribution in [3.05, 3.63) is 42.8 Å². The lowest BCUT2D eigenvalue weighted by Gasteiger charge is -2.37. The lowest BCUT2D eigenvalue weighted by atomic mass is 10.3. The standard InChI is InChI=1S/C14H19N5S/c1-3-4-5-13(15-2)17-8-10-18(11-9-17)14(20)19-7-6-16-12-19/h3-7,12H,2,8-11H2,1H3. The maximum atomic E-state index is 5.47. The van der Waals surface area contributed by atoms with E-state index in [0.29, 0.717) is 0 Å². The van der Waals surface area contributed by atoms with E-state index in [4.69, 9.17) is 12.2 Å². The largest absolute Gasteiger partial charge is 0.353 e.